The predicted octanol–water partition coefficient (Wildman–Crippen LogP) is 2.06. The summed E-state index contributed by atoms with van der Waals surface area (Å²) in [5, 5.41) is 4.75. The van der Waals surface area contributed by atoms with Gasteiger partial charge in [0.15, 0.2) is 0 Å². The summed E-state index contributed by atoms with van der Waals surface area (Å²) in [6.07, 6.45) is 4.25. The Morgan fingerprint density at radius 2 is 2.35 bits per heavy atom. The zero-order chi connectivity index (χ0) is 14.4. The second-order valence-electron chi connectivity index (χ2n) is 5.23. The van der Waals surface area contributed by atoms with E-state index in [9.17, 15) is 9.59 Å². The minimum absolute atomic E-state index is 0.0324. The third kappa shape index (κ3) is 4.07. The number of nitrogens with one attached hydrogen (secondary N) is 1. The number of rotatable bonds is 5. The molecule has 2 heterocycles. The standard InChI is InChI=1S/C15H22N2O2S/c1-16-15(19)12-5-3-9-17(11-12)14(18)8-2-6-13-7-4-10-20-13/h4,7,10,12H,2-3,5-6,8-9,11H2,1H3,(H,16,19). The molecule has 1 aromatic heterocycles. The number of nitrogens with zero attached hydrogens (tertiary/aromatic N) is 1. The van der Waals surface area contributed by atoms with Crippen LogP contribution in [0.1, 0.15) is 30.6 Å². The molecule has 0 aliphatic carbocycles. The van der Waals surface area contributed by atoms with Crippen LogP contribution in [0.15, 0.2) is 17.5 Å². The van der Waals surface area contributed by atoms with Gasteiger partial charge in [0, 0.05) is 31.4 Å². The van der Waals surface area contributed by atoms with Crippen LogP contribution in [0.25, 0.3) is 0 Å². The van der Waals surface area contributed by atoms with Crippen LogP contribution in [0, 0.1) is 5.92 Å². The Morgan fingerprint density at radius 3 is 3.05 bits per heavy atom. The summed E-state index contributed by atoms with van der Waals surface area (Å²) in [5.41, 5.74) is 0. The monoisotopic (exact) mass is 294 g/mol. The molecule has 0 spiro atoms. The lowest BCUT2D eigenvalue weighted by atomic mass is 9.97. The van der Waals surface area contributed by atoms with E-state index in [1.54, 1.807) is 18.4 Å². The molecule has 0 bridgehead atoms. The van der Waals surface area contributed by atoms with Crippen LogP contribution in [0.5, 0.6) is 0 Å². The molecule has 2 amide bonds. The van der Waals surface area contributed by atoms with Gasteiger partial charge >= 0.3 is 0 Å². The molecule has 1 aromatic rings. The molecule has 1 atom stereocenters. The average Bonchev–Trinajstić information content (AvgIpc) is 2.99. The topological polar surface area (TPSA) is 49.4 Å². The van der Waals surface area contributed by atoms with Crippen LogP contribution in [-0.4, -0.2) is 36.9 Å². The van der Waals surface area contributed by atoms with Crippen molar-refractivity contribution in [3.8, 4) is 0 Å². The molecule has 1 fully saturated rings. The minimum Gasteiger partial charge on any atom is -0.359 e. The molecule has 110 valence electrons. The molecule has 4 nitrogen and oxygen atoms in total. The Labute approximate surface area is 124 Å². The van der Waals surface area contributed by atoms with Crippen molar-refractivity contribution in [1.82, 2.24) is 10.2 Å². The van der Waals surface area contributed by atoms with E-state index in [1.165, 1.54) is 4.88 Å². The molecule has 20 heavy (non-hydrogen) atoms. The summed E-state index contributed by atoms with van der Waals surface area (Å²) >= 11 is 1.74. The largest absolute Gasteiger partial charge is 0.359 e. The zero-order valence-electron chi connectivity index (χ0n) is 11.9. The molecule has 1 aliphatic heterocycles. The number of aryl methyl sites for hydroxylation is 1. The summed E-state index contributed by atoms with van der Waals surface area (Å²) in [5.74, 6) is 0.214. The molecule has 1 saturated heterocycles. The van der Waals surface area contributed by atoms with Gasteiger partial charge in [0.2, 0.25) is 11.8 Å². The normalized spacial score (nSPS) is 18.9. The number of piperidine rings is 1. The molecule has 1 unspecified atom stereocenters. The first-order valence-electron chi connectivity index (χ1n) is 7.22. The van der Waals surface area contributed by atoms with E-state index < -0.39 is 0 Å². The van der Waals surface area contributed by atoms with Gasteiger partial charge in [0.05, 0.1) is 5.92 Å². The number of carbonyl (C=O) groups is 2. The number of amides is 2. The smallest absolute Gasteiger partial charge is 0.224 e. The maximum atomic E-state index is 12.2. The summed E-state index contributed by atoms with van der Waals surface area (Å²) in [4.78, 5) is 27.0. The lowest BCUT2D eigenvalue weighted by molar-refractivity contribution is -0.135. The maximum Gasteiger partial charge on any atom is 0.224 e. The number of hydrogen-bond acceptors (Lipinski definition) is 3. The van der Waals surface area contributed by atoms with Crippen molar-refractivity contribution in [3.63, 3.8) is 0 Å². The van der Waals surface area contributed by atoms with E-state index in [0.29, 0.717) is 13.0 Å². The predicted molar refractivity (Wildman–Crippen MR) is 80.6 cm³/mol. The lowest BCUT2D eigenvalue weighted by Gasteiger charge is -2.31. The molecular formula is C15H22N2O2S. The van der Waals surface area contributed by atoms with Crippen molar-refractivity contribution in [2.45, 2.75) is 32.1 Å². The van der Waals surface area contributed by atoms with Gasteiger partial charge in [-0.1, -0.05) is 6.07 Å². The number of carbonyl (C=O) groups excluding carboxylic acids is 2. The molecule has 1 N–H and O–H groups in total. The van der Waals surface area contributed by atoms with Gasteiger partial charge in [-0.2, -0.15) is 0 Å². The van der Waals surface area contributed by atoms with E-state index in [0.717, 1.165) is 32.2 Å². The van der Waals surface area contributed by atoms with E-state index in [1.807, 2.05) is 11.0 Å². The van der Waals surface area contributed by atoms with Crippen LogP contribution < -0.4 is 5.32 Å². The van der Waals surface area contributed by atoms with Gasteiger partial charge in [-0.15, -0.1) is 11.3 Å². The van der Waals surface area contributed by atoms with Crippen LogP contribution in [0.3, 0.4) is 0 Å². The number of thiophene rings is 1. The molecule has 0 aromatic carbocycles. The van der Waals surface area contributed by atoms with Crippen molar-refractivity contribution in [3.05, 3.63) is 22.4 Å². The zero-order valence-corrected chi connectivity index (χ0v) is 12.7. The van der Waals surface area contributed by atoms with Crippen molar-refractivity contribution in [2.24, 2.45) is 5.92 Å². The summed E-state index contributed by atoms with van der Waals surface area (Å²) < 4.78 is 0. The van der Waals surface area contributed by atoms with Crippen molar-refractivity contribution in [1.29, 1.82) is 0 Å². The van der Waals surface area contributed by atoms with Gasteiger partial charge in [0.25, 0.3) is 0 Å². The fraction of sp³-hybridized carbons (Fsp3) is 0.600. The molecule has 0 saturated carbocycles. The third-order valence-corrected chi connectivity index (χ3v) is 4.72. The Morgan fingerprint density at radius 1 is 1.50 bits per heavy atom. The highest BCUT2D eigenvalue weighted by molar-refractivity contribution is 7.09. The van der Waals surface area contributed by atoms with Crippen molar-refractivity contribution >= 4 is 23.2 Å². The quantitative estimate of drug-likeness (QED) is 0.903. The second kappa shape index (κ2) is 7.43. The van der Waals surface area contributed by atoms with E-state index in [-0.39, 0.29) is 17.7 Å². The molecular weight excluding hydrogens is 272 g/mol. The number of likely N-dealkylation sites (tertiary alicyclic amines) is 1. The minimum atomic E-state index is -0.0324. The van der Waals surface area contributed by atoms with Crippen LogP contribution in [-0.2, 0) is 16.0 Å². The van der Waals surface area contributed by atoms with Crippen LogP contribution in [0.4, 0.5) is 0 Å². The van der Waals surface area contributed by atoms with Crippen LogP contribution >= 0.6 is 11.3 Å². The Bertz CT molecular complexity index is 445. The summed E-state index contributed by atoms with van der Waals surface area (Å²) in [7, 11) is 1.66. The highest BCUT2D eigenvalue weighted by Crippen LogP contribution is 2.18. The van der Waals surface area contributed by atoms with Gasteiger partial charge in [-0.3, -0.25) is 9.59 Å². The van der Waals surface area contributed by atoms with E-state index in [4.69, 9.17) is 0 Å². The molecule has 5 heteroatoms. The van der Waals surface area contributed by atoms with Gasteiger partial charge in [0.1, 0.15) is 0 Å². The Hall–Kier alpha value is -1.36. The molecule has 1 aliphatic rings. The Kier molecular flexibility index (Phi) is 5.59. The first kappa shape index (κ1) is 15.0. The molecule has 2 rings (SSSR count). The summed E-state index contributed by atoms with van der Waals surface area (Å²) in [6.45, 7) is 1.38. The van der Waals surface area contributed by atoms with E-state index in [2.05, 4.69) is 16.8 Å². The summed E-state index contributed by atoms with van der Waals surface area (Å²) in [6, 6.07) is 4.15. The average molecular weight is 294 g/mol. The lowest BCUT2D eigenvalue weighted by Crippen LogP contribution is -2.44. The fourth-order valence-corrected chi connectivity index (χ4v) is 3.40. The fourth-order valence-electron chi connectivity index (χ4n) is 2.65. The first-order valence-corrected chi connectivity index (χ1v) is 8.10. The van der Waals surface area contributed by atoms with Crippen LogP contribution in [0.2, 0.25) is 0 Å². The maximum absolute atomic E-state index is 12.2. The van der Waals surface area contributed by atoms with Gasteiger partial charge in [-0.05, 0) is 37.1 Å². The van der Waals surface area contributed by atoms with Crippen molar-refractivity contribution in [2.75, 3.05) is 20.1 Å². The highest BCUT2D eigenvalue weighted by atomic mass is 32.1. The Balaban J connectivity index is 1.75. The van der Waals surface area contributed by atoms with E-state index >= 15 is 0 Å². The molecule has 0 radical (unpaired) electrons. The van der Waals surface area contributed by atoms with Gasteiger partial charge in [-0.25, -0.2) is 0 Å². The first-order chi connectivity index (χ1) is 9.70. The third-order valence-electron chi connectivity index (χ3n) is 3.79. The van der Waals surface area contributed by atoms with Crippen molar-refractivity contribution < 1.29 is 9.59 Å². The number of hydrogen-bond donors (Lipinski definition) is 1. The van der Waals surface area contributed by atoms with Gasteiger partial charge < -0.3 is 10.2 Å². The second-order valence-corrected chi connectivity index (χ2v) is 6.26. The SMILES string of the molecule is CNC(=O)C1CCCN(C(=O)CCCc2cccs2)C1. The highest BCUT2D eigenvalue weighted by Gasteiger charge is 2.27.